The Kier molecular flexibility index (Phi) is 3.03. The second-order valence-corrected chi connectivity index (χ2v) is 3.40. The van der Waals surface area contributed by atoms with Crippen molar-refractivity contribution in [3.63, 3.8) is 0 Å². The second kappa shape index (κ2) is 3.87. The van der Waals surface area contributed by atoms with Gasteiger partial charge in [0.1, 0.15) is 12.2 Å². The number of aliphatic hydroxyl groups is 1. The second-order valence-electron chi connectivity index (χ2n) is 3.40. The van der Waals surface area contributed by atoms with Gasteiger partial charge in [-0.15, -0.1) is 0 Å². The molecule has 72 valence electrons. The molecule has 0 heterocycles. The number of aryl methyl sites for hydroxylation is 1. The molecule has 1 atom stereocenters. The molecule has 0 radical (unpaired) electrons. The van der Waals surface area contributed by atoms with Crippen molar-refractivity contribution >= 4 is 0 Å². The fourth-order valence-corrected chi connectivity index (χ4v) is 1.42. The molecular formula is C10H15NO2. The molecule has 13 heavy (non-hydrogen) atoms. The molecule has 0 fully saturated rings. The van der Waals surface area contributed by atoms with Gasteiger partial charge in [0.2, 0.25) is 0 Å². The molecule has 3 nitrogen and oxygen atoms in total. The standard InChI is InChI=1S/C10H15NO2/c1-8-5-3-4-6-9(8)10(2,12)7-13-11/h3-6,12H,7,11H2,1-2H3. The molecule has 0 aliphatic rings. The number of benzene rings is 1. The van der Waals surface area contributed by atoms with Crippen LogP contribution in [-0.2, 0) is 10.4 Å². The average Bonchev–Trinajstić information content (AvgIpc) is 2.04. The maximum atomic E-state index is 9.96. The van der Waals surface area contributed by atoms with Gasteiger partial charge in [0, 0.05) is 0 Å². The maximum Gasteiger partial charge on any atom is 0.112 e. The smallest absolute Gasteiger partial charge is 0.112 e. The van der Waals surface area contributed by atoms with Gasteiger partial charge in [-0.05, 0) is 25.0 Å². The van der Waals surface area contributed by atoms with Crippen LogP contribution in [0.25, 0.3) is 0 Å². The molecule has 1 rings (SSSR count). The minimum absolute atomic E-state index is 0.0951. The Balaban J connectivity index is 2.99. The first-order valence-electron chi connectivity index (χ1n) is 4.18. The van der Waals surface area contributed by atoms with Gasteiger partial charge in [0.15, 0.2) is 0 Å². The van der Waals surface area contributed by atoms with E-state index in [2.05, 4.69) is 4.84 Å². The van der Waals surface area contributed by atoms with Crippen molar-refractivity contribution in [2.24, 2.45) is 5.90 Å². The molecule has 0 aromatic heterocycles. The summed E-state index contributed by atoms with van der Waals surface area (Å²) in [5.41, 5.74) is 0.866. The lowest BCUT2D eigenvalue weighted by Gasteiger charge is -2.24. The third-order valence-corrected chi connectivity index (χ3v) is 2.09. The average molecular weight is 181 g/mol. The van der Waals surface area contributed by atoms with Gasteiger partial charge in [-0.2, -0.15) is 0 Å². The summed E-state index contributed by atoms with van der Waals surface area (Å²) in [4.78, 5) is 4.47. The summed E-state index contributed by atoms with van der Waals surface area (Å²) in [7, 11) is 0. The Labute approximate surface area is 78.1 Å². The summed E-state index contributed by atoms with van der Waals surface area (Å²) < 4.78 is 0. The van der Waals surface area contributed by atoms with E-state index in [0.29, 0.717) is 0 Å². The van der Waals surface area contributed by atoms with Gasteiger partial charge in [-0.25, -0.2) is 5.90 Å². The first-order chi connectivity index (χ1) is 6.08. The lowest BCUT2D eigenvalue weighted by Crippen LogP contribution is -2.30. The van der Waals surface area contributed by atoms with E-state index in [0.717, 1.165) is 11.1 Å². The summed E-state index contributed by atoms with van der Waals surface area (Å²) in [6.07, 6.45) is 0. The largest absolute Gasteiger partial charge is 0.383 e. The number of hydrogen-bond acceptors (Lipinski definition) is 3. The molecule has 3 heteroatoms. The van der Waals surface area contributed by atoms with Crippen LogP contribution in [0.4, 0.5) is 0 Å². The number of rotatable bonds is 3. The Morgan fingerprint density at radius 2 is 2.08 bits per heavy atom. The summed E-state index contributed by atoms with van der Waals surface area (Å²) >= 11 is 0. The van der Waals surface area contributed by atoms with E-state index in [9.17, 15) is 5.11 Å². The van der Waals surface area contributed by atoms with E-state index < -0.39 is 5.60 Å². The lowest BCUT2D eigenvalue weighted by molar-refractivity contribution is -0.0390. The van der Waals surface area contributed by atoms with E-state index in [1.54, 1.807) is 6.92 Å². The molecule has 0 saturated heterocycles. The fourth-order valence-electron chi connectivity index (χ4n) is 1.42. The van der Waals surface area contributed by atoms with Crippen LogP contribution < -0.4 is 5.90 Å². The molecular weight excluding hydrogens is 166 g/mol. The number of hydrogen-bond donors (Lipinski definition) is 2. The van der Waals surface area contributed by atoms with Crippen LogP contribution in [0.5, 0.6) is 0 Å². The third-order valence-electron chi connectivity index (χ3n) is 2.09. The van der Waals surface area contributed by atoms with Gasteiger partial charge in [0.05, 0.1) is 0 Å². The fraction of sp³-hybridized carbons (Fsp3) is 0.400. The molecule has 1 aromatic carbocycles. The van der Waals surface area contributed by atoms with E-state index in [4.69, 9.17) is 5.90 Å². The molecule has 0 aliphatic heterocycles. The van der Waals surface area contributed by atoms with Gasteiger partial charge in [0.25, 0.3) is 0 Å². The predicted octanol–water partition coefficient (Wildman–Crippen LogP) is 1.09. The highest BCUT2D eigenvalue weighted by Gasteiger charge is 2.24. The Morgan fingerprint density at radius 3 is 2.62 bits per heavy atom. The molecule has 0 spiro atoms. The zero-order chi connectivity index (χ0) is 9.90. The highest BCUT2D eigenvalue weighted by Crippen LogP contribution is 2.23. The zero-order valence-electron chi connectivity index (χ0n) is 7.95. The third kappa shape index (κ3) is 2.28. The van der Waals surface area contributed by atoms with Crippen molar-refractivity contribution in [3.8, 4) is 0 Å². The first-order valence-corrected chi connectivity index (χ1v) is 4.18. The molecule has 1 unspecified atom stereocenters. The van der Waals surface area contributed by atoms with Gasteiger partial charge >= 0.3 is 0 Å². The zero-order valence-corrected chi connectivity index (χ0v) is 7.95. The molecule has 0 bridgehead atoms. The van der Waals surface area contributed by atoms with Crippen molar-refractivity contribution in [3.05, 3.63) is 35.4 Å². The quantitative estimate of drug-likeness (QED) is 0.686. The Hall–Kier alpha value is -0.900. The van der Waals surface area contributed by atoms with Crippen molar-refractivity contribution in [2.45, 2.75) is 19.4 Å². The molecule has 0 saturated carbocycles. The Bertz CT molecular complexity index is 284. The highest BCUT2D eigenvalue weighted by molar-refractivity contribution is 5.30. The minimum Gasteiger partial charge on any atom is -0.383 e. The van der Waals surface area contributed by atoms with Crippen LogP contribution in [0.1, 0.15) is 18.1 Å². The number of nitrogens with two attached hydrogens (primary N) is 1. The highest BCUT2D eigenvalue weighted by atomic mass is 16.6. The van der Waals surface area contributed by atoms with Crippen LogP contribution in [0.2, 0.25) is 0 Å². The summed E-state index contributed by atoms with van der Waals surface area (Å²) in [6, 6.07) is 7.63. The van der Waals surface area contributed by atoms with Gasteiger partial charge < -0.3 is 9.94 Å². The van der Waals surface area contributed by atoms with Crippen LogP contribution in [0.3, 0.4) is 0 Å². The van der Waals surface area contributed by atoms with Gasteiger partial charge in [-0.3, -0.25) is 0 Å². The maximum absolute atomic E-state index is 9.96. The SMILES string of the molecule is Cc1ccccc1C(C)(O)CON. The molecule has 1 aromatic rings. The van der Waals surface area contributed by atoms with E-state index in [1.165, 1.54) is 0 Å². The Morgan fingerprint density at radius 1 is 1.46 bits per heavy atom. The lowest BCUT2D eigenvalue weighted by atomic mass is 9.93. The van der Waals surface area contributed by atoms with E-state index >= 15 is 0 Å². The normalized spacial score (nSPS) is 15.4. The van der Waals surface area contributed by atoms with Crippen LogP contribution in [0.15, 0.2) is 24.3 Å². The van der Waals surface area contributed by atoms with Crippen LogP contribution in [0, 0.1) is 6.92 Å². The van der Waals surface area contributed by atoms with Crippen LogP contribution in [-0.4, -0.2) is 11.7 Å². The van der Waals surface area contributed by atoms with Gasteiger partial charge in [-0.1, -0.05) is 24.3 Å². The van der Waals surface area contributed by atoms with E-state index in [1.807, 2.05) is 31.2 Å². The monoisotopic (exact) mass is 181 g/mol. The first kappa shape index (κ1) is 10.2. The van der Waals surface area contributed by atoms with Crippen molar-refractivity contribution in [2.75, 3.05) is 6.61 Å². The summed E-state index contributed by atoms with van der Waals surface area (Å²) in [6.45, 7) is 3.72. The molecule has 3 N–H and O–H groups in total. The molecule has 0 amide bonds. The minimum atomic E-state index is -1.01. The van der Waals surface area contributed by atoms with Crippen molar-refractivity contribution in [1.82, 2.24) is 0 Å². The van der Waals surface area contributed by atoms with E-state index in [-0.39, 0.29) is 6.61 Å². The molecule has 0 aliphatic carbocycles. The van der Waals surface area contributed by atoms with Crippen molar-refractivity contribution in [1.29, 1.82) is 0 Å². The van der Waals surface area contributed by atoms with Crippen molar-refractivity contribution < 1.29 is 9.94 Å². The topological polar surface area (TPSA) is 55.5 Å². The summed E-state index contributed by atoms with van der Waals surface area (Å²) in [5, 5.41) is 9.96. The summed E-state index contributed by atoms with van der Waals surface area (Å²) in [5.74, 6) is 4.94. The predicted molar refractivity (Wildman–Crippen MR) is 50.9 cm³/mol. The van der Waals surface area contributed by atoms with Crippen LogP contribution >= 0.6 is 0 Å².